The molecule has 0 amide bonds. The van der Waals surface area contributed by atoms with E-state index in [0.29, 0.717) is 22.5 Å². The Kier molecular flexibility index (Phi) is 8.21. The van der Waals surface area contributed by atoms with Gasteiger partial charge >= 0.3 is 5.97 Å². The Bertz CT molecular complexity index is 1900. The number of esters is 1. The number of hydrogen-bond acceptors (Lipinski definition) is 8. The second-order valence-electron chi connectivity index (χ2n) is 11.5. The van der Waals surface area contributed by atoms with Crippen LogP contribution in [0.2, 0.25) is 0 Å². The molecule has 1 aliphatic rings. The number of rotatable bonds is 8. The standard InChI is InChI=1S/C38H37N5O3/c1-5-46-37(44)34-35(30-8-6-7-9-31(30)42-36(34)39)38(45)22-32(40-27-16-10-24(2)11-17-27)43(29-20-14-26(4)15-21-29)33(23-38)41-28-18-12-25(3)13-19-28/h6-23,40-41,45H,5H2,1-4H3,(H2,39,42). The van der Waals surface area contributed by atoms with Crippen LogP contribution in [0.5, 0.6) is 0 Å². The van der Waals surface area contributed by atoms with E-state index in [2.05, 4.69) is 15.6 Å². The van der Waals surface area contributed by atoms with E-state index in [0.717, 1.165) is 33.8 Å². The number of hydrogen-bond donors (Lipinski definition) is 4. The Morgan fingerprint density at radius 3 is 1.83 bits per heavy atom. The third-order valence-corrected chi connectivity index (χ3v) is 7.94. The van der Waals surface area contributed by atoms with Crippen molar-refractivity contribution in [3.63, 3.8) is 0 Å². The molecule has 1 aliphatic heterocycles. The first-order chi connectivity index (χ1) is 22.1. The van der Waals surface area contributed by atoms with Crippen molar-refractivity contribution in [1.29, 1.82) is 0 Å². The summed E-state index contributed by atoms with van der Waals surface area (Å²) in [5.41, 5.74) is 11.3. The molecule has 5 aromatic rings. The van der Waals surface area contributed by atoms with Gasteiger partial charge in [0.1, 0.15) is 28.6 Å². The SMILES string of the molecule is CCOC(=O)c1c(N)nc2ccccc2c1C1(O)C=C(Nc2ccc(C)cc2)N(c2ccc(C)cc2)C(Nc2ccc(C)cc2)=C1. The van der Waals surface area contributed by atoms with Crippen molar-refractivity contribution in [1.82, 2.24) is 4.98 Å². The van der Waals surface area contributed by atoms with E-state index in [1.807, 2.05) is 117 Å². The van der Waals surface area contributed by atoms with Crippen molar-refractivity contribution in [2.45, 2.75) is 33.3 Å². The quantitative estimate of drug-likeness (QED) is 0.133. The van der Waals surface area contributed by atoms with Crippen LogP contribution in [0.15, 0.2) is 121 Å². The molecule has 0 spiro atoms. The molecular formula is C38H37N5O3. The number of nitrogens with one attached hydrogen (secondary N) is 2. The van der Waals surface area contributed by atoms with Crippen LogP contribution in [-0.2, 0) is 10.3 Å². The molecular weight excluding hydrogens is 574 g/mol. The van der Waals surface area contributed by atoms with E-state index in [1.54, 1.807) is 25.1 Å². The third kappa shape index (κ3) is 6.03. The molecule has 0 radical (unpaired) electrons. The molecule has 8 nitrogen and oxygen atoms in total. The molecule has 1 aromatic heterocycles. The summed E-state index contributed by atoms with van der Waals surface area (Å²) in [5.74, 6) is 0.429. The zero-order valence-electron chi connectivity index (χ0n) is 26.3. The minimum Gasteiger partial charge on any atom is -0.462 e. The van der Waals surface area contributed by atoms with Crippen molar-refractivity contribution >= 4 is 39.8 Å². The van der Waals surface area contributed by atoms with Gasteiger partial charge in [-0.25, -0.2) is 9.78 Å². The number of para-hydroxylation sites is 1. The lowest BCUT2D eigenvalue weighted by molar-refractivity contribution is 0.0516. The Morgan fingerprint density at radius 2 is 1.30 bits per heavy atom. The van der Waals surface area contributed by atoms with Gasteiger partial charge in [-0.05, 0) is 82.3 Å². The van der Waals surface area contributed by atoms with Crippen LogP contribution in [0.1, 0.15) is 39.5 Å². The molecule has 0 fully saturated rings. The van der Waals surface area contributed by atoms with E-state index in [4.69, 9.17) is 10.5 Å². The maximum absolute atomic E-state index is 13.5. The molecule has 0 atom stereocenters. The smallest absolute Gasteiger partial charge is 0.342 e. The number of aliphatic hydroxyl groups is 1. The lowest BCUT2D eigenvalue weighted by atomic mass is 9.84. The van der Waals surface area contributed by atoms with Crippen LogP contribution in [0, 0.1) is 20.8 Å². The minimum absolute atomic E-state index is 0.0173. The molecule has 0 bridgehead atoms. The monoisotopic (exact) mass is 611 g/mol. The summed E-state index contributed by atoms with van der Waals surface area (Å²) in [4.78, 5) is 20.0. The first-order valence-corrected chi connectivity index (χ1v) is 15.2. The van der Waals surface area contributed by atoms with E-state index in [-0.39, 0.29) is 23.6 Å². The maximum atomic E-state index is 13.5. The summed E-state index contributed by atoms with van der Waals surface area (Å²) in [6.45, 7) is 7.96. The van der Waals surface area contributed by atoms with Gasteiger partial charge in [-0.15, -0.1) is 0 Å². The van der Waals surface area contributed by atoms with Gasteiger partial charge in [-0.2, -0.15) is 0 Å². The molecule has 46 heavy (non-hydrogen) atoms. The highest BCUT2D eigenvalue weighted by molar-refractivity contribution is 6.03. The number of nitrogen functional groups attached to an aromatic ring is 1. The molecule has 6 rings (SSSR count). The van der Waals surface area contributed by atoms with Crippen molar-refractivity contribution in [2.24, 2.45) is 0 Å². The average molecular weight is 612 g/mol. The van der Waals surface area contributed by atoms with Gasteiger partial charge < -0.3 is 26.2 Å². The predicted molar refractivity (Wildman–Crippen MR) is 185 cm³/mol. The zero-order valence-corrected chi connectivity index (χ0v) is 26.3. The summed E-state index contributed by atoms with van der Waals surface area (Å²) >= 11 is 0. The van der Waals surface area contributed by atoms with E-state index >= 15 is 0 Å². The largest absolute Gasteiger partial charge is 0.462 e. The Labute approximate surface area is 268 Å². The lowest BCUT2D eigenvalue weighted by Gasteiger charge is -2.39. The zero-order chi connectivity index (χ0) is 32.4. The number of carbonyl (C=O) groups excluding carboxylic acids is 1. The molecule has 4 aromatic carbocycles. The molecule has 0 unspecified atom stereocenters. The van der Waals surface area contributed by atoms with Gasteiger partial charge in [0.2, 0.25) is 0 Å². The normalized spacial score (nSPS) is 14.0. The predicted octanol–water partition coefficient (Wildman–Crippen LogP) is 7.53. The molecule has 5 N–H and O–H groups in total. The van der Waals surface area contributed by atoms with E-state index in [9.17, 15) is 9.90 Å². The highest BCUT2D eigenvalue weighted by atomic mass is 16.5. The van der Waals surface area contributed by atoms with Gasteiger partial charge in [0.15, 0.2) is 0 Å². The molecule has 0 saturated carbocycles. The fraction of sp³-hybridized carbons (Fsp3) is 0.158. The van der Waals surface area contributed by atoms with Gasteiger partial charge in [-0.1, -0.05) is 71.3 Å². The number of carbonyl (C=O) groups is 1. The Balaban J connectivity index is 1.64. The van der Waals surface area contributed by atoms with Gasteiger partial charge in [0.05, 0.1) is 12.1 Å². The van der Waals surface area contributed by atoms with E-state index in [1.165, 1.54) is 0 Å². The summed E-state index contributed by atoms with van der Waals surface area (Å²) in [6, 6.07) is 31.5. The molecule has 2 heterocycles. The Morgan fingerprint density at radius 1 is 0.804 bits per heavy atom. The molecule has 232 valence electrons. The third-order valence-electron chi connectivity index (χ3n) is 7.94. The van der Waals surface area contributed by atoms with Crippen molar-refractivity contribution in [3.8, 4) is 0 Å². The highest BCUT2D eigenvalue weighted by Gasteiger charge is 2.40. The first-order valence-electron chi connectivity index (χ1n) is 15.2. The minimum atomic E-state index is -1.85. The van der Waals surface area contributed by atoms with Crippen molar-refractivity contribution in [3.05, 3.63) is 149 Å². The number of benzene rings is 4. The van der Waals surface area contributed by atoms with Crippen LogP contribution < -0.4 is 21.3 Å². The number of pyridine rings is 1. The maximum Gasteiger partial charge on any atom is 0.342 e. The highest BCUT2D eigenvalue weighted by Crippen LogP contribution is 2.42. The van der Waals surface area contributed by atoms with Crippen molar-refractivity contribution in [2.75, 3.05) is 27.9 Å². The van der Waals surface area contributed by atoms with Crippen LogP contribution in [0.4, 0.5) is 22.9 Å². The molecule has 0 aliphatic carbocycles. The topological polar surface area (TPSA) is 113 Å². The Hall–Kier alpha value is -5.60. The van der Waals surface area contributed by atoms with Crippen LogP contribution in [-0.4, -0.2) is 22.7 Å². The molecule has 8 heteroatoms. The number of fused-ring (bicyclic) bond motifs is 1. The number of nitrogens with zero attached hydrogens (tertiary/aromatic N) is 2. The fourth-order valence-electron chi connectivity index (χ4n) is 5.64. The van der Waals surface area contributed by atoms with Crippen LogP contribution in [0.3, 0.4) is 0 Å². The number of aryl methyl sites for hydroxylation is 3. The number of anilines is 4. The second kappa shape index (κ2) is 12.4. The summed E-state index contributed by atoms with van der Waals surface area (Å²) in [6.07, 6.45) is 3.41. The van der Waals surface area contributed by atoms with Gasteiger partial charge in [-0.3, -0.25) is 4.90 Å². The lowest BCUT2D eigenvalue weighted by Crippen LogP contribution is -2.40. The number of aromatic nitrogens is 1. The first kappa shape index (κ1) is 30.4. The van der Waals surface area contributed by atoms with Gasteiger partial charge in [0.25, 0.3) is 0 Å². The van der Waals surface area contributed by atoms with Gasteiger partial charge in [0, 0.05) is 28.0 Å². The molecule has 0 saturated heterocycles. The fourth-order valence-corrected chi connectivity index (χ4v) is 5.64. The second-order valence-corrected chi connectivity index (χ2v) is 11.5. The summed E-state index contributed by atoms with van der Waals surface area (Å²) in [5, 5.41) is 20.6. The van der Waals surface area contributed by atoms with Crippen molar-refractivity contribution < 1.29 is 14.6 Å². The number of nitrogens with two attached hydrogens (primary N) is 1. The summed E-state index contributed by atoms with van der Waals surface area (Å²) in [7, 11) is 0. The summed E-state index contributed by atoms with van der Waals surface area (Å²) < 4.78 is 5.45. The average Bonchev–Trinajstić information content (AvgIpc) is 3.03. The van der Waals surface area contributed by atoms with Crippen LogP contribution >= 0.6 is 0 Å². The van der Waals surface area contributed by atoms with E-state index < -0.39 is 11.6 Å². The number of ether oxygens (including phenoxy) is 1. The van der Waals surface area contributed by atoms with Crippen LogP contribution in [0.25, 0.3) is 10.9 Å².